The van der Waals surface area contributed by atoms with E-state index in [1.807, 2.05) is 12.1 Å². The van der Waals surface area contributed by atoms with Gasteiger partial charge in [0.05, 0.1) is 0 Å². The van der Waals surface area contributed by atoms with E-state index in [1.54, 1.807) is 5.94 Å². The molecule has 0 bridgehead atoms. The Kier molecular flexibility index (Phi) is 2.78. The van der Waals surface area contributed by atoms with Crippen LogP contribution in [0.2, 0.25) is 0 Å². The molecule has 0 amide bonds. The van der Waals surface area contributed by atoms with Crippen LogP contribution in [0, 0.1) is 0 Å². The van der Waals surface area contributed by atoms with Gasteiger partial charge in [-0.15, -0.1) is 0 Å². The lowest BCUT2D eigenvalue weighted by Gasteiger charge is -2.09. The lowest BCUT2D eigenvalue weighted by Crippen LogP contribution is -2.12. The summed E-state index contributed by atoms with van der Waals surface area (Å²) in [6.45, 7) is 1.11. The van der Waals surface area contributed by atoms with Gasteiger partial charge in [-0.05, 0) is 30.5 Å². The molecule has 0 aromatic heterocycles. The average Bonchev–Trinajstić information content (AvgIpc) is 2.72. The van der Waals surface area contributed by atoms with Crippen molar-refractivity contribution in [2.24, 2.45) is 0 Å². The molecule has 1 aliphatic rings. The summed E-state index contributed by atoms with van der Waals surface area (Å²) >= 11 is 0. The average molecular weight is 187 g/mol. The van der Waals surface area contributed by atoms with Crippen molar-refractivity contribution < 1.29 is 4.79 Å². The highest BCUT2D eigenvalue weighted by Gasteiger charge is 2.15. The van der Waals surface area contributed by atoms with Crippen molar-refractivity contribution >= 4 is 12.0 Å². The molecule has 0 radical (unpaired) electrons. The van der Waals surface area contributed by atoms with Gasteiger partial charge in [-0.1, -0.05) is 24.3 Å². The lowest BCUT2D eigenvalue weighted by atomic mass is 10.0. The molecule has 1 aromatic rings. The van der Waals surface area contributed by atoms with Crippen LogP contribution in [-0.4, -0.2) is 12.5 Å². The van der Waals surface area contributed by atoms with Crippen LogP contribution in [0.15, 0.2) is 24.3 Å². The van der Waals surface area contributed by atoms with Crippen LogP contribution >= 0.6 is 0 Å². The van der Waals surface area contributed by atoms with Gasteiger partial charge in [0, 0.05) is 12.1 Å². The van der Waals surface area contributed by atoms with Crippen LogP contribution in [0.3, 0.4) is 0 Å². The molecular weight excluding hydrogens is 174 g/mol. The fraction of sp³-hybridized carbons (Fsp3) is 0.333. The highest BCUT2D eigenvalue weighted by Crippen LogP contribution is 2.22. The molecule has 1 atom stereocenters. The maximum absolute atomic E-state index is 10.1. The van der Waals surface area contributed by atoms with Gasteiger partial charge < -0.3 is 5.32 Å². The van der Waals surface area contributed by atoms with E-state index in [2.05, 4.69) is 17.4 Å². The van der Waals surface area contributed by atoms with E-state index in [4.69, 9.17) is 0 Å². The minimum absolute atomic E-state index is 0.504. The van der Waals surface area contributed by atoms with Crippen LogP contribution in [-0.2, 0) is 4.79 Å². The molecule has 72 valence electrons. The number of rotatable bonds is 2. The van der Waals surface area contributed by atoms with Crippen LogP contribution in [0.4, 0.5) is 0 Å². The van der Waals surface area contributed by atoms with Gasteiger partial charge in [0.2, 0.25) is 0 Å². The van der Waals surface area contributed by atoms with Crippen LogP contribution < -0.4 is 5.32 Å². The summed E-state index contributed by atoms with van der Waals surface area (Å²) in [6.07, 6.45) is 3.91. The smallest absolute Gasteiger partial charge is 0.125 e. The van der Waals surface area contributed by atoms with Gasteiger partial charge in [-0.3, -0.25) is 0 Å². The molecule has 0 unspecified atom stereocenters. The number of hydrogen-bond acceptors (Lipinski definition) is 2. The fourth-order valence-electron chi connectivity index (χ4n) is 1.86. The highest BCUT2D eigenvalue weighted by atomic mass is 16.1. The van der Waals surface area contributed by atoms with Crippen molar-refractivity contribution in [1.29, 1.82) is 0 Å². The van der Waals surface area contributed by atoms with E-state index in [0.717, 1.165) is 12.1 Å². The first-order valence-electron chi connectivity index (χ1n) is 4.94. The van der Waals surface area contributed by atoms with E-state index >= 15 is 0 Å². The number of hydrogen-bond donors (Lipinski definition) is 1. The number of carbonyl (C=O) groups excluding carboxylic acids is 1. The van der Waals surface area contributed by atoms with Crippen molar-refractivity contribution in [2.75, 3.05) is 6.54 Å². The summed E-state index contributed by atoms with van der Waals surface area (Å²) < 4.78 is 0. The summed E-state index contributed by atoms with van der Waals surface area (Å²) in [5, 5.41) is 3.44. The zero-order chi connectivity index (χ0) is 9.80. The first-order valence-corrected chi connectivity index (χ1v) is 4.94. The van der Waals surface area contributed by atoms with Crippen molar-refractivity contribution in [2.45, 2.75) is 18.9 Å². The van der Waals surface area contributed by atoms with Gasteiger partial charge in [0.1, 0.15) is 5.94 Å². The SMILES string of the molecule is O=C=Cc1ccc([C@@H]2CCCN2)cc1. The minimum Gasteiger partial charge on any atom is -0.310 e. The normalized spacial score (nSPS) is 20.4. The molecular formula is C12H13NO. The molecule has 1 saturated heterocycles. The Hall–Kier alpha value is -1.37. The van der Waals surface area contributed by atoms with Crippen molar-refractivity contribution in [1.82, 2.24) is 5.32 Å². The van der Waals surface area contributed by atoms with Gasteiger partial charge in [-0.25, -0.2) is 4.79 Å². The lowest BCUT2D eigenvalue weighted by molar-refractivity contribution is 0.570. The third kappa shape index (κ3) is 1.92. The topological polar surface area (TPSA) is 29.1 Å². The Morgan fingerprint density at radius 2 is 2.14 bits per heavy atom. The third-order valence-electron chi connectivity index (χ3n) is 2.62. The second kappa shape index (κ2) is 4.23. The van der Waals surface area contributed by atoms with E-state index in [0.29, 0.717) is 6.04 Å². The van der Waals surface area contributed by atoms with Gasteiger partial charge in [0.25, 0.3) is 0 Å². The Morgan fingerprint density at radius 1 is 1.36 bits per heavy atom. The molecule has 14 heavy (non-hydrogen) atoms. The maximum Gasteiger partial charge on any atom is 0.125 e. The summed E-state index contributed by atoms with van der Waals surface area (Å²) in [7, 11) is 0. The Labute approximate surface area is 83.6 Å². The molecule has 1 N–H and O–H groups in total. The largest absolute Gasteiger partial charge is 0.310 e. The summed E-state index contributed by atoms with van der Waals surface area (Å²) in [5.41, 5.74) is 2.23. The van der Waals surface area contributed by atoms with E-state index in [-0.39, 0.29) is 0 Å². The highest BCUT2D eigenvalue weighted by molar-refractivity contribution is 5.74. The molecule has 0 aliphatic carbocycles. The Morgan fingerprint density at radius 3 is 2.71 bits per heavy atom. The molecule has 1 aliphatic heterocycles. The molecule has 0 spiro atoms. The van der Waals surface area contributed by atoms with Gasteiger partial charge in [0.15, 0.2) is 0 Å². The zero-order valence-corrected chi connectivity index (χ0v) is 7.99. The number of nitrogens with one attached hydrogen (secondary N) is 1. The second-order valence-corrected chi connectivity index (χ2v) is 3.58. The molecule has 1 aromatic carbocycles. The first-order chi connectivity index (χ1) is 6.90. The summed E-state index contributed by atoms with van der Waals surface area (Å²) in [5.74, 6) is 1.78. The van der Waals surface area contributed by atoms with E-state index in [1.165, 1.54) is 24.5 Å². The standard InChI is InChI=1S/C12H13NO/c14-9-7-10-3-5-11(6-4-10)12-2-1-8-13-12/h3-7,12-13H,1-2,8H2/t12-/m0/s1. The Balaban J connectivity index is 2.16. The van der Waals surface area contributed by atoms with Crippen molar-refractivity contribution in [3.63, 3.8) is 0 Å². The fourth-order valence-corrected chi connectivity index (χ4v) is 1.86. The molecule has 0 saturated carbocycles. The molecule has 2 heteroatoms. The second-order valence-electron chi connectivity index (χ2n) is 3.58. The molecule has 1 heterocycles. The van der Waals surface area contributed by atoms with Crippen LogP contribution in [0.25, 0.3) is 6.08 Å². The molecule has 2 nitrogen and oxygen atoms in total. The van der Waals surface area contributed by atoms with E-state index < -0.39 is 0 Å². The predicted molar refractivity (Wildman–Crippen MR) is 56.6 cm³/mol. The maximum atomic E-state index is 10.1. The third-order valence-corrected chi connectivity index (χ3v) is 2.62. The first kappa shape index (κ1) is 9.20. The molecule has 2 rings (SSSR count). The number of benzene rings is 1. The monoisotopic (exact) mass is 187 g/mol. The van der Waals surface area contributed by atoms with Crippen LogP contribution in [0.5, 0.6) is 0 Å². The van der Waals surface area contributed by atoms with Gasteiger partial charge in [-0.2, -0.15) is 0 Å². The van der Waals surface area contributed by atoms with Crippen molar-refractivity contribution in [3.05, 3.63) is 35.4 Å². The summed E-state index contributed by atoms with van der Waals surface area (Å²) in [4.78, 5) is 10.1. The summed E-state index contributed by atoms with van der Waals surface area (Å²) in [6, 6.07) is 8.57. The quantitative estimate of drug-likeness (QED) is 0.717. The van der Waals surface area contributed by atoms with Gasteiger partial charge >= 0.3 is 0 Å². The predicted octanol–water partition coefficient (Wildman–Crippen LogP) is 1.96. The van der Waals surface area contributed by atoms with Crippen LogP contribution in [0.1, 0.15) is 30.0 Å². The Bertz CT molecular complexity index is 343. The minimum atomic E-state index is 0.504. The van der Waals surface area contributed by atoms with E-state index in [9.17, 15) is 4.79 Å². The van der Waals surface area contributed by atoms with Crippen molar-refractivity contribution in [3.8, 4) is 0 Å². The molecule has 1 fully saturated rings. The zero-order valence-electron chi connectivity index (χ0n) is 7.99.